The van der Waals surface area contributed by atoms with Crippen LogP contribution in [0.1, 0.15) is 19.6 Å². The zero-order valence-corrected chi connectivity index (χ0v) is 7.80. The second-order valence-corrected chi connectivity index (χ2v) is 3.09. The van der Waals surface area contributed by atoms with Crippen molar-refractivity contribution in [1.29, 1.82) is 0 Å². The van der Waals surface area contributed by atoms with Crippen LogP contribution in [-0.2, 0) is 0 Å². The predicted octanol–water partition coefficient (Wildman–Crippen LogP) is 1.50. The highest BCUT2D eigenvalue weighted by atomic mass is 16.4. The molecule has 0 radical (unpaired) electrons. The zero-order chi connectivity index (χ0) is 10.1. The lowest BCUT2D eigenvalue weighted by molar-refractivity contribution is 0.0964. The summed E-state index contributed by atoms with van der Waals surface area (Å²) in [7, 11) is 0. The van der Waals surface area contributed by atoms with E-state index in [-0.39, 0.29) is 0 Å². The van der Waals surface area contributed by atoms with E-state index in [9.17, 15) is 9.90 Å². The van der Waals surface area contributed by atoms with E-state index in [4.69, 9.17) is 4.42 Å². The number of aliphatic hydroxyl groups excluding tert-OH is 1. The highest BCUT2D eigenvalue weighted by molar-refractivity contribution is 5.72. The minimum atomic E-state index is -0.814. The minimum absolute atomic E-state index is 0.476. The number of rotatable bonds is 2. The Morgan fingerprint density at radius 2 is 2.21 bits per heavy atom. The van der Waals surface area contributed by atoms with Gasteiger partial charge in [0, 0.05) is 0 Å². The van der Waals surface area contributed by atoms with Gasteiger partial charge in [0.05, 0.1) is 5.52 Å². The normalized spacial score (nSPS) is 13.3. The number of hydrogen-bond donors (Lipinski definition) is 1. The van der Waals surface area contributed by atoms with Gasteiger partial charge < -0.3 is 9.52 Å². The van der Waals surface area contributed by atoms with Crippen molar-refractivity contribution in [3.05, 3.63) is 34.8 Å². The number of para-hydroxylation sites is 2. The lowest BCUT2D eigenvalue weighted by Crippen LogP contribution is -2.19. The lowest BCUT2D eigenvalue weighted by atomic mass is 10.3. The quantitative estimate of drug-likeness (QED) is 0.786. The van der Waals surface area contributed by atoms with Crippen LogP contribution in [0.15, 0.2) is 33.5 Å². The Labute approximate surface area is 80.4 Å². The maximum atomic E-state index is 11.4. The fourth-order valence-corrected chi connectivity index (χ4v) is 1.45. The summed E-state index contributed by atoms with van der Waals surface area (Å²) in [4.78, 5) is 11.4. The molecule has 1 unspecified atom stereocenters. The maximum Gasteiger partial charge on any atom is 0.422 e. The second kappa shape index (κ2) is 3.31. The van der Waals surface area contributed by atoms with E-state index in [1.54, 1.807) is 31.2 Å². The van der Waals surface area contributed by atoms with Gasteiger partial charge in [-0.1, -0.05) is 19.1 Å². The van der Waals surface area contributed by atoms with Crippen LogP contribution in [0.4, 0.5) is 0 Å². The topological polar surface area (TPSA) is 55.4 Å². The largest absolute Gasteiger partial charge is 0.422 e. The molecule has 4 nitrogen and oxygen atoms in total. The van der Waals surface area contributed by atoms with E-state index in [2.05, 4.69) is 0 Å². The number of hydrogen-bond acceptors (Lipinski definition) is 3. The molecule has 0 saturated carbocycles. The van der Waals surface area contributed by atoms with Crippen LogP contribution in [0.3, 0.4) is 0 Å². The molecule has 0 amide bonds. The SMILES string of the molecule is CCC(O)n1c(=O)oc2ccccc21. The molecule has 1 aromatic heterocycles. The summed E-state index contributed by atoms with van der Waals surface area (Å²) in [5.74, 6) is -0.513. The second-order valence-electron chi connectivity index (χ2n) is 3.09. The van der Waals surface area contributed by atoms with Gasteiger partial charge in [-0.05, 0) is 18.6 Å². The number of fused-ring (bicyclic) bond motifs is 1. The van der Waals surface area contributed by atoms with Gasteiger partial charge in [-0.2, -0.15) is 0 Å². The van der Waals surface area contributed by atoms with Crippen molar-refractivity contribution in [3.63, 3.8) is 0 Å². The first kappa shape index (κ1) is 9.02. The fraction of sp³-hybridized carbons (Fsp3) is 0.300. The molecule has 2 rings (SSSR count). The highest BCUT2D eigenvalue weighted by Crippen LogP contribution is 2.16. The lowest BCUT2D eigenvalue weighted by Gasteiger charge is -2.07. The molecule has 0 spiro atoms. The monoisotopic (exact) mass is 193 g/mol. The smallest absolute Gasteiger partial charge is 0.408 e. The Bertz CT molecular complexity index is 497. The molecule has 0 aliphatic carbocycles. The molecule has 0 saturated heterocycles. The molecule has 14 heavy (non-hydrogen) atoms. The van der Waals surface area contributed by atoms with E-state index in [0.29, 0.717) is 17.5 Å². The van der Waals surface area contributed by atoms with Crippen LogP contribution < -0.4 is 5.76 Å². The first-order chi connectivity index (χ1) is 6.74. The Balaban J connectivity index is 2.74. The summed E-state index contributed by atoms with van der Waals surface area (Å²) in [5, 5.41) is 9.60. The van der Waals surface area contributed by atoms with Crippen molar-refractivity contribution in [1.82, 2.24) is 4.57 Å². The molecule has 0 aliphatic heterocycles. The summed E-state index contributed by atoms with van der Waals surface area (Å²) < 4.78 is 6.23. The molecule has 2 aromatic rings. The van der Waals surface area contributed by atoms with Gasteiger partial charge in [0.25, 0.3) is 0 Å². The van der Waals surface area contributed by atoms with Gasteiger partial charge in [-0.3, -0.25) is 0 Å². The van der Waals surface area contributed by atoms with Crippen LogP contribution in [0.5, 0.6) is 0 Å². The highest BCUT2D eigenvalue weighted by Gasteiger charge is 2.13. The van der Waals surface area contributed by atoms with Crippen molar-refractivity contribution < 1.29 is 9.52 Å². The number of aromatic nitrogens is 1. The average molecular weight is 193 g/mol. The number of aliphatic hydroxyl groups is 1. The maximum absolute atomic E-state index is 11.4. The molecule has 4 heteroatoms. The number of oxazole rings is 1. The predicted molar refractivity (Wildman–Crippen MR) is 52.0 cm³/mol. The average Bonchev–Trinajstić information content (AvgIpc) is 2.53. The first-order valence-corrected chi connectivity index (χ1v) is 4.52. The third-order valence-corrected chi connectivity index (χ3v) is 2.18. The Kier molecular flexibility index (Phi) is 2.13. The molecule has 74 valence electrons. The molecule has 1 heterocycles. The van der Waals surface area contributed by atoms with E-state index in [0.717, 1.165) is 0 Å². The standard InChI is InChI=1S/C10H11NO3/c1-2-9(12)11-7-5-3-4-6-8(7)14-10(11)13/h3-6,9,12H,2H2,1H3. The van der Waals surface area contributed by atoms with Gasteiger partial charge in [0.1, 0.15) is 6.23 Å². The van der Waals surface area contributed by atoms with Gasteiger partial charge in [-0.15, -0.1) is 0 Å². The van der Waals surface area contributed by atoms with Gasteiger partial charge in [0.15, 0.2) is 5.58 Å². The molecule has 1 aromatic carbocycles. The molecule has 0 bridgehead atoms. The molecular weight excluding hydrogens is 182 g/mol. The number of benzene rings is 1. The molecule has 0 fully saturated rings. The van der Waals surface area contributed by atoms with Crippen molar-refractivity contribution in [3.8, 4) is 0 Å². The third-order valence-electron chi connectivity index (χ3n) is 2.18. The van der Waals surface area contributed by atoms with Gasteiger partial charge in [-0.25, -0.2) is 9.36 Å². The van der Waals surface area contributed by atoms with E-state index in [1.807, 2.05) is 0 Å². The third kappa shape index (κ3) is 1.24. The van der Waals surface area contributed by atoms with Crippen LogP contribution in [0, 0.1) is 0 Å². The van der Waals surface area contributed by atoms with Crippen molar-refractivity contribution in [2.75, 3.05) is 0 Å². The molecular formula is C10H11NO3. The Morgan fingerprint density at radius 3 is 2.93 bits per heavy atom. The zero-order valence-electron chi connectivity index (χ0n) is 7.80. The van der Waals surface area contributed by atoms with E-state index >= 15 is 0 Å². The van der Waals surface area contributed by atoms with Crippen molar-refractivity contribution >= 4 is 11.1 Å². The fourth-order valence-electron chi connectivity index (χ4n) is 1.45. The molecule has 1 atom stereocenters. The van der Waals surface area contributed by atoms with Crippen LogP contribution >= 0.6 is 0 Å². The van der Waals surface area contributed by atoms with E-state index < -0.39 is 12.0 Å². The molecule has 1 N–H and O–H groups in total. The van der Waals surface area contributed by atoms with Gasteiger partial charge >= 0.3 is 5.76 Å². The van der Waals surface area contributed by atoms with Crippen LogP contribution in [-0.4, -0.2) is 9.67 Å². The summed E-state index contributed by atoms with van der Waals surface area (Å²) in [5.41, 5.74) is 1.14. The first-order valence-electron chi connectivity index (χ1n) is 4.52. The van der Waals surface area contributed by atoms with Crippen molar-refractivity contribution in [2.45, 2.75) is 19.6 Å². The van der Waals surface area contributed by atoms with Gasteiger partial charge in [0.2, 0.25) is 0 Å². The van der Waals surface area contributed by atoms with E-state index in [1.165, 1.54) is 4.57 Å². The van der Waals surface area contributed by atoms with Crippen LogP contribution in [0.25, 0.3) is 11.1 Å². The Morgan fingerprint density at radius 1 is 1.50 bits per heavy atom. The summed E-state index contributed by atoms with van der Waals surface area (Å²) in [6.45, 7) is 1.80. The summed E-state index contributed by atoms with van der Waals surface area (Å²) >= 11 is 0. The summed E-state index contributed by atoms with van der Waals surface area (Å²) in [6.07, 6.45) is -0.338. The van der Waals surface area contributed by atoms with Crippen LogP contribution in [0.2, 0.25) is 0 Å². The Hall–Kier alpha value is -1.55. The van der Waals surface area contributed by atoms with Crippen molar-refractivity contribution in [2.24, 2.45) is 0 Å². The molecule has 0 aliphatic rings. The number of nitrogens with zero attached hydrogens (tertiary/aromatic N) is 1. The minimum Gasteiger partial charge on any atom is -0.408 e. The summed E-state index contributed by atoms with van der Waals surface area (Å²) in [6, 6.07) is 7.04.